The van der Waals surface area contributed by atoms with Crippen LogP contribution in [0.5, 0.6) is 0 Å². The van der Waals surface area contributed by atoms with Crippen LogP contribution in [0.1, 0.15) is 38.5 Å². The van der Waals surface area contributed by atoms with Gasteiger partial charge in [0.15, 0.2) is 0 Å². The third-order valence-corrected chi connectivity index (χ3v) is 23.7. The predicted molar refractivity (Wildman–Crippen MR) is 158 cm³/mol. The van der Waals surface area contributed by atoms with Crippen molar-refractivity contribution >= 4 is 25.7 Å². The van der Waals surface area contributed by atoms with Crippen LogP contribution < -0.4 is 0 Å². The van der Waals surface area contributed by atoms with Crippen molar-refractivity contribution in [1.29, 1.82) is 0 Å². The molecule has 1 rings (SSSR count). The molecule has 0 aliphatic carbocycles. The Bertz CT molecular complexity index is 1700. The van der Waals surface area contributed by atoms with Crippen molar-refractivity contribution < 1.29 is 184 Å². The van der Waals surface area contributed by atoms with Crippen LogP contribution in [0.4, 0.5) is 171 Å². The van der Waals surface area contributed by atoms with Gasteiger partial charge in [0.2, 0.25) is 0 Å². The number of hydrogen-bond acceptors (Lipinski definition) is 3. The fourth-order valence-corrected chi connectivity index (χ4v) is 21.5. The van der Waals surface area contributed by atoms with Gasteiger partial charge >= 0.3 is 132 Å². The third kappa shape index (κ3) is 10.3. The summed E-state index contributed by atoms with van der Waals surface area (Å²) in [6.07, 6.45) is -41.1. The second-order valence-corrected chi connectivity index (χ2v) is 25.5. The van der Waals surface area contributed by atoms with E-state index in [-0.39, 0.29) is 0 Å². The van der Waals surface area contributed by atoms with E-state index in [2.05, 4.69) is 12.3 Å². The van der Waals surface area contributed by atoms with Crippen LogP contribution in [0.3, 0.4) is 0 Å². The van der Waals surface area contributed by atoms with Crippen molar-refractivity contribution in [3.05, 3.63) is 0 Å². The monoisotopic (exact) mass is 1220 g/mol. The van der Waals surface area contributed by atoms with E-state index in [4.69, 9.17) is 0 Å². The molecule has 0 radical (unpaired) electrons. The Morgan fingerprint density at radius 1 is 0.208 bits per heavy atom. The first-order valence-electron chi connectivity index (χ1n) is 17.5. The van der Waals surface area contributed by atoms with Gasteiger partial charge in [-0.2, -0.15) is 171 Å². The Morgan fingerprint density at radius 2 is 0.347 bits per heavy atom. The molecule has 432 valence electrons. The summed E-state index contributed by atoms with van der Waals surface area (Å²) >= 11 is 0. The van der Waals surface area contributed by atoms with Gasteiger partial charge in [-0.15, -0.1) is 0 Å². The van der Waals surface area contributed by atoms with E-state index >= 15 is 52.7 Å². The summed E-state index contributed by atoms with van der Waals surface area (Å²) in [6.45, 7) is -5.72. The van der Waals surface area contributed by atoms with E-state index in [1.165, 1.54) is 0 Å². The molecule has 1 fully saturated rings. The SMILES string of the molecule is C[Si]1(C(F)(F)C(F)(F)C(F)(F)C(F)(F)C(F)(F)CCC(F)(F)F)O[Si](C)(C(F)(F)C(F)(F)C(F)(F)C(F)(F)C(F)(F)CCC(F)(F)F)O[Si](C)(C(F)(F)C(F)(F)C(F)(F)C(F)(F)C(F)(F)CCC(F)(F)F)O1. The molecule has 3 nitrogen and oxygen atoms in total. The highest BCUT2D eigenvalue weighted by Crippen LogP contribution is 2.67. The highest BCUT2D eigenvalue weighted by Gasteiger charge is 2.98. The molecule has 1 heterocycles. The van der Waals surface area contributed by atoms with Crippen molar-refractivity contribution in [2.24, 2.45) is 0 Å². The Kier molecular flexibility index (Phi) is 16.9. The van der Waals surface area contributed by atoms with E-state index in [0.717, 1.165) is 0 Å². The Morgan fingerprint density at radius 3 is 0.472 bits per heavy atom. The Balaban J connectivity index is 4.66. The summed E-state index contributed by atoms with van der Waals surface area (Å²) in [4.78, 5) is 0. The lowest BCUT2D eigenvalue weighted by molar-refractivity contribution is -0.399. The minimum absolute atomic E-state index is 1.91. The van der Waals surface area contributed by atoms with Gasteiger partial charge in [-0.1, -0.05) is 0 Å². The maximum Gasteiger partial charge on any atom is 0.402 e. The zero-order valence-electron chi connectivity index (χ0n) is 33.7. The highest BCUT2D eigenvalue weighted by molar-refractivity contribution is 6.96. The van der Waals surface area contributed by atoms with Gasteiger partial charge in [0, 0.05) is 38.5 Å². The predicted octanol–water partition coefficient (Wildman–Crippen LogP) is 15.4. The van der Waals surface area contributed by atoms with Crippen LogP contribution >= 0.6 is 0 Å². The van der Waals surface area contributed by atoms with Crippen molar-refractivity contribution in [3.8, 4) is 0 Å². The molecule has 72 heavy (non-hydrogen) atoms. The first kappa shape index (κ1) is 67.8. The van der Waals surface area contributed by atoms with Crippen LogP contribution in [0.2, 0.25) is 19.6 Å². The molecule has 0 amide bonds. The zero-order chi connectivity index (χ0) is 58.9. The normalized spacial score (nSPS) is 23.8. The smallest absolute Gasteiger partial charge is 0.402 e. The molecule has 0 bridgehead atoms. The molecule has 0 saturated carbocycles. The van der Waals surface area contributed by atoms with E-state index in [0.29, 0.717) is 0 Å². The number of halogens is 39. The Labute approximate surface area is 374 Å². The van der Waals surface area contributed by atoms with E-state index < -0.39 is 190 Å². The molecule has 0 aromatic heterocycles. The molecule has 0 aromatic rings. The molecule has 0 aromatic carbocycles. The second kappa shape index (κ2) is 17.9. The molecular formula is C27H21F39O3Si3. The molecule has 0 N–H and O–H groups in total. The van der Waals surface area contributed by atoms with Crippen molar-refractivity contribution in [1.82, 2.24) is 0 Å². The topological polar surface area (TPSA) is 27.7 Å². The fraction of sp³-hybridized carbons (Fsp3) is 1.00. The van der Waals surface area contributed by atoms with Crippen LogP contribution in [-0.2, 0) is 12.3 Å². The fourth-order valence-electron chi connectivity index (χ4n) is 5.66. The van der Waals surface area contributed by atoms with E-state index in [1.807, 2.05) is 0 Å². The summed E-state index contributed by atoms with van der Waals surface area (Å²) in [5.41, 5.74) is -26.2. The highest BCUT2D eigenvalue weighted by atomic mass is 28.5. The minimum Gasteiger partial charge on any atom is -0.408 e. The lowest BCUT2D eigenvalue weighted by atomic mass is 9.95. The number of alkyl halides is 39. The van der Waals surface area contributed by atoms with Gasteiger partial charge < -0.3 is 12.3 Å². The van der Waals surface area contributed by atoms with Crippen LogP contribution in [0.15, 0.2) is 0 Å². The molecule has 0 atom stereocenters. The molecule has 45 heteroatoms. The first-order valence-corrected chi connectivity index (χ1v) is 24.4. The summed E-state index contributed by atoms with van der Waals surface area (Å²) in [5, 5.41) is 0. The molecule has 1 aliphatic heterocycles. The largest absolute Gasteiger partial charge is 0.408 e. The van der Waals surface area contributed by atoms with Crippen molar-refractivity contribution in [2.45, 2.75) is 164 Å². The molecule has 0 spiro atoms. The first-order chi connectivity index (χ1) is 30.5. The van der Waals surface area contributed by atoms with Gasteiger partial charge in [0.25, 0.3) is 0 Å². The van der Waals surface area contributed by atoms with Crippen molar-refractivity contribution in [3.63, 3.8) is 0 Å². The summed E-state index contributed by atoms with van der Waals surface area (Å²) in [5.74, 6) is -103. The molecule has 1 aliphatic rings. The van der Waals surface area contributed by atoms with Crippen molar-refractivity contribution in [2.75, 3.05) is 0 Å². The summed E-state index contributed by atoms with van der Waals surface area (Å²) < 4.78 is 567. The summed E-state index contributed by atoms with van der Waals surface area (Å²) in [7, 11) is -29.0. The molecule has 0 unspecified atom stereocenters. The molecular weight excluding hydrogens is 1200 g/mol. The van der Waals surface area contributed by atoms with Gasteiger partial charge in [0.05, 0.1) is 0 Å². The van der Waals surface area contributed by atoms with Gasteiger partial charge in [0.1, 0.15) is 0 Å². The van der Waals surface area contributed by atoms with Gasteiger partial charge in [-0.05, 0) is 19.6 Å². The van der Waals surface area contributed by atoms with Gasteiger partial charge in [-0.25, -0.2) is 0 Å². The summed E-state index contributed by atoms with van der Waals surface area (Å²) in [6, 6.07) is 0. The van der Waals surface area contributed by atoms with Gasteiger partial charge in [-0.3, -0.25) is 0 Å². The minimum atomic E-state index is -9.66. The van der Waals surface area contributed by atoms with E-state index in [9.17, 15) is 119 Å². The number of rotatable bonds is 21. The van der Waals surface area contributed by atoms with Crippen LogP contribution in [0, 0.1) is 0 Å². The lowest BCUT2D eigenvalue weighted by Gasteiger charge is -2.57. The second-order valence-electron chi connectivity index (χ2n) is 15.5. The average Bonchev–Trinajstić information content (AvgIpc) is 3.13. The standard InChI is InChI=1S/C27H21F39O3Si3/c1-70(25(61,62)22(55,56)19(49,50)16(43,44)10(28,29)4-7-13(34,35)36)67-71(2,26(63,64)23(57,58)20(51,52)17(45,46)11(30,31)5-8-14(37,38)39)69-72(3,68-70)27(65,66)24(59,60)21(53,54)18(47,48)12(32,33)6-9-15(40,41)42/h4-9H2,1-3H3. The lowest BCUT2D eigenvalue weighted by Crippen LogP contribution is -2.88. The Hall–Kier alpha value is -2.20. The number of hydrogen-bond donors (Lipinski definition) is 0. The third-order valence-electron chi connectivity index (χ3n) is 9.97. The van der Waals surface area contributed by atoms with E-state index in [1.54, 1.807) is 0 Å². The quantitative estimate of drug-likeness (QED) is 0.0847. The maximum absolute atomic E-state index is 15.9. The average molecular weight is 1220 g/mol. The van der Waals surface area contributed by atoms with Crippen LogP contribution in [-0.4, -0.2) is 132 Å². The zero-order valence-corrected chi connectivity index (χ0v) is 36.7. The molecule has 1 saturated heterocycles. The van der Waals surface area contributed by atoms with Crippen LogP contribution in [0.25, 0.3) is 0 Å². The maximum atomic E-state index is 15.9.